The molecule has 1 fully saturated rings. The molecule has 0 bridgehead atoms. The Kier molecular flexibility index (Phi) is 3.02. The van der Waals surface area contributed by atoms with E-state index in [1.165, 1.54) is 0 Å². The lowest BCUT2D eigenvalue weighted by Gasteiger charge is -2.19. The first kappa shape index (κ1) is 9.44. The summed E-state index contributed by atoms with van der Waals surface area (Å²) in [5.74, 6) is -1.30. The Morgan fingerprint density at radius 1 is 1.67 bits per heavy atom. The first-order valence-electron chi connectivity index (χ1n) is 3.87. The Morgan fingerprint density at radius 2 is 2.33 bits per heavy atom. The minimum Gasteiger partial charge on any atom is -0.480 e. The summed E-state index contributed by atoms with van der Waals surface area (Å²) in [5.41, 5.74) is 5.23. The first-order chi connectivity index (χ1) is 5.63. The standard InChI is InChI=1S/C7H13NO4/c8-5(7(10)11)6(9)4-1-2-12-3-4/h4-6,9H,1-3,8H2,(H,10,11). The number of nitrogens with two attached hydrogens (primary N) is 1. The molecule has 70 valence electrons. The number of aliphatic hydroxyl groups is 1. The highest BCUT2D eigenvalue weighted by Gasteiger charge is 2.32. The molecule has 0 spiro atoms. The average molecular weight is 175 g/mol. The molecule has 0 aromatic carbocycles. The van der Waals surface area contributed by atoms with Gasteiger partial charge in [0, 0.05) is 12.5 Å². The SMILES string of the molecule is NC(C(=O)O)C(O)C1CCOC1. The van der Waals surface area contributed by atoms with E-state index in [2.05, 4.69) is 0 Å². The monoisotopic (exact) mass is 175 g/mol. The number of hydrogen-bond acceptors (Lipinski definition) is 4. The quantitative estimate of drug-likeness (QED) is 0.500. The molecule has 5 nitrogen and oxygen atoms in total. The number of carbonyl (C=O) groups is 1. The number of aliphatic carboxylic acids is 1. The van der Waals surface area contributed by atoms with Crippen molar-refractivity contribution in [2.24, 2.45) is 11.7 Å². The van der Waals surface area contributed by atoms with Crippen LogP contribution in [-0.4, -0.2) is 41.5 Å². The zero-order valence-electron chi connectivity index (χ0n) is 6.64. The van der Waals surface area contributed by atoms with Gasteiger partial charge < -0.3 is 20.7 Å². The summed E-state index contributed by atoms with van der Waals surface area (Å²) in [5, 5.41) is 17.9. The van der Waals surface area contributed by atoms with Gasteiger partial charge in [0.1, 0.15) is 6.04 Å². The highest BCUT2D eigenvalue weighted by Crippen LogP contribution is 2.18. The summed E-state index contributed by atoms with van der Waals surface area (Å²) in [6.45, 7) is 0.982. The number of carboxylic acid groups (broad SMARTS) is 1. The molecule has 0 aromatic heterocycles. The van der Waals surface area contributed by atoms with Crippen molar-refractivity contribution in [3.63, 3.8) is 0 Å². The van der Waals surface area contributed by atoms with Gasteiger partial charge in [-0.1, -0.05) is 0 Å². The molecule has 0 radical (unpaired) electrons. The van der Waals surface area contributed by atoms with Crippen molar-refractivity contribution < 1.29 is 19.7 Å². The van der Waals surface area contributed by atoms with Crippen molar-refractivity contribution in [1.82, 2.24) is 0 Å². The molecule has 0 aliphatic carbocycles. The Bertz CT molecular complexity index is 167. The zero-order valence-corrected chi connectivity index (χ0v) is 6.64. The van der Waals surface area contributed by atoms with E-state index >= 15 is 0 Å². The van der Waals surface area contributed by atoms with Gasteiger partial charge in [0.05, 0.1) is 12.7 Å². The second-order valence-corrected chi connectivity index (χ2v) is 2.98. The minimum atomic E-state index is -1.20. The summed E-state index contributed by atoms with van der Waals surface area (Å²) in [6, 6.07) is -1.20. The molecule has 1 rings (SSSR count). The smallest absolute Gasteiger partial charge is 0.323 e. The van der Waals surface area contributed by atoms with Gasteiger partial charge in [-0.25, -0.2) is 0 Å². The van der Waals surface area contributed by atoms with Crippen LogP contribution in [0.5, 0.6) is 0 Å². The highest BCUT2D eigenvalue weighted by atomic mass is 16.5. The van der Waals surface area contributed by atoms with Gasteiger partial charge in [0.15, 0.2) is 0 Å². The molecule has 1 aliphatic rings. The maximum Gasteiger partial charge on any atom is 0.323 e. The van der Waals surface area contributed by atoms with Gasteiger partial charge in [0.25, 0.3) is 0 Å². The van der Waals surface area contributed by atoms with E-state index in [0.717, 1.165) is 0 Å². The summed E-state index contributed by atoms with van der Waals surface area (Å²) in [6.07, 6.45) is -0.313. The third-order valence-electron chi connectivity index (χ3n) is 2.10. The van der Waals surface area contributed by atoms with Crippen LogP contribution in [0.2, 0.25) is 0 Å². The largest absolute Gasteiger partial charge is 0.480 e. The van der Waals surface area contributed by atoms with Crippen molar-refractivity contribution >= 4 is 5.97 Å². The third-order valence-corrected chi connectivity index (χ3v) is 2.10. The van der Waals surface area contributed by atoms with E-state index in [0.29, 0.717) is 19.6 Å². The predicted molar refractivity (Wildman–Crippen MR) is 40.5 cm³/mol. The minimum absolute atomic E-state index is 0.129. The van der Waals surface area contributed by atoms with Crippen molar-refractivity contribution in [2.75, 3.05) is 13.2 Å². The molecule has 3 unspecified atom stereocenters. The van der Waals surface area contributed by atoms with Gasteiger partial charge in [0.2, 0.25) is 0 Å². The van der Waals surface area contributed by atoms with Crippen LogP contribution < -0.4 is 5.73 Å². The first-order valence-corrected chi connectivity index (χ1v) is 3.87. The van der Waals surface area contributed by atoms with Crippen molar-refractivity contribution in [2.45, 2.75) is 18.6 Å². The molecule has 0 aromatic rings. The number of rotatable bonds is 3. The number of carboxylic acids is 1. The maximum atomic E-state index is 10.4. The highest BCUT2D eigenvalue weighted by molar-refractivity contribution is 5.73. The van der Waals surface area contributed by atoms with Crippen LogP contribution in [0, 0.1) is 5.92 Å². The molecule has 3 atom stereocenters. The summed E-state index contributed by atoms with van der Waals surface area (Å²) in [7, 11) is 0. The fourth-order valence-corrected chi connectivity index (χ4v) is 1.26. The fraction of sp³-hybridized carbons (Fsp3) is 0.857. The Morgan fingerprint density at radius 3 is 2.75 bits per heavy atom. The Balaban J connectivity index is 2.44. The zero-order chi connectivity index (χ0) is 9.14. The lowest BCUT2D eigenvalue weighted by atomic mass is 9.96. The number of ether oxygens (including phenoxy) is 1. The van der Waals surface area contributed by atoms with Crippen LogP contribution in [0.1, 0.15) is 6.42 Å². The van der Waals surface area contributed by atoms with Gasteiger partial charge >= 0.3 is 5.97 Å². The van der Waals surface area contributed by atoms with E-state index in [4.69, 9.17) is 15.6 Å². The lowest BCUT2D eigenvalue weighted by Crippen LogP contribution is -2.45. The molecule has 1 heterocycles. The number of hydrogen-bond donors (Lipinski definition) is 3. The third kappa shape index (κ3) is 1.94. The van der Waals surface area contributed by atoms with Crippen LogP contribution in [-0.2, 0) is 9.53 Å². The topological polar surface area (TPSA) is 92.8 Å². The average Bonchev–Trinajstić information content (AvgIpc) is 2.53. The van der Waals surface area contributed by atoms with Crippen LogP contribution in [0.3, 0.4) is 0 Å². The summed E-state index contributed by atoms with van der Waals surface area (Å²) >= 11 is 0. The van der Waals surface area contributed by atoms with Crippen molar-refractivity contribution in [3.8, 4) is 0 Å². The van der Waals surface area contributed by atoms with Crippen LogP contribution in [0.15, 0.2) is 0 Å². The van der Waals surface area contributed by atoms with E-state index < -0.39 is 18.1 Å². The summed E-state index contributed by atoms with van der Waals surface area (Å²) < 4.78 is 5.00. The molecule has 4 N–H and O–H groups in total. The maximum absolute atomic E-state index is 10.4. The Labute approximate surface area is 70.1 Å². The van der Waals surface area contributed by atoms with Gasteiger partial charge in [-0.15, -0.1) is 0 Å². The molecular weight excluding hydrogens is 162 g/mol. The van der Waals surface area contributed by atoms with E-state index in [1.807, 2.05) is 0 Å². The molecule has 1 saturated heterocycles. The number of aliphatic hydroxyl groups excluding tert-OH is 1. The molecule has 1 aliphatic heterocycles. The predicted octanol–water partition coefficient (Wildman–Crippen LogP) is -1.20. The lowest BCUT2D eigenvalue weighted by molar-refractivity contribution is -0.142. The summed E-state index contributed by atoms with van der Waals surface area (Å²) in [4.78, 5) is 10.4. The van der Waals surface area contributed by atoms with E-state index in [-0.39, 0.29) is 5.92 Å². The second-order valence-electron chi connectivity index (χ2n) is 2.98. The van der Waals surface area contributed by atoms with Crippen LogP contribution >= 0.6 is 0 Å². The van der Waals surface area contributed by atoms with Crippen LogP contribution in [0.4, 0.5) is 0 Å². The second kappa shape index (κ2) is 3.84. The van der Waals surface area contributed by atoms with Crippen molar-refractivity contribution in [3.05, 3.63) is 0 Å². The molecular formula is C7H13NO4. The van der Waals surface area contributed by atoms with E-state index in [1.54, 1.807) is 0 Å². The molecule has 5 heteroatoms. The van der Waals surface area contributed by atoms with Gasteiger partial charge in [-0.3, -0.25) is 4.79 Å². The normalized spacial score (nSPS) is 28.3. The molecule has 12 heavy (non-hydrogen) atoms. The Hall–Kier alpha value is -0.650. The van der Waals surface area contributed by atoms with Gasteiger partial charge in [-0.2, -0.15) is 0 Å². The fourth-order valence-electron chi connectivity index (χ4n) is 1.26. The van der Waals surface area contributed by atoms with Gasteiger partial charge in [-0.05, 0) is 6.42 Å². The van der Waals surface area contributed by atoms with Crippen molar-refractivity contribution in [1.29, 1.82) is 0 Å². The van der Waals surface area contributed by atoms with Crippen LogP contribution in [0.25, 0.3) is 0 Å². The molecule has 0 amide bonds. The molecule has 0 saturated carbocycles. The van der Waals surface area contributed by atoms with E-state index in [9.17, 15) is 9.90 Å².